The number of rotatable bonds is 5. The standard InChI is InChI=1S/C32H31FN4O6S/c1-3-26-30(40)37-28(24-13-8-10-20-9-4-5-12-23(20)24)32(42)43-22(11-6-7-16-44-19(2)38)17-27(39)34-18-21-14-15-25(33)29(35-21)31(41)36-26/h3-6,8-15,22,28H,7,16-18H2,1-2H3,(H,34,39)(H,36,41)(H,37,40)/b11-6+,26-3-/t22-,28+/m1/s1. The van der Waals surface area contributed by atoms with Gasteiger partial charge in [0.15, 0.2) is 22.7 Å². The Balaban J connectivity index is 1.74. The Kier molecular flexibility index (Phi) is 11.0. The number of allylic oxidation sites excluding steroid dienone is 2. The van der Waals surface area contributed by atoms with E-state index in [0.717, 1.165) is 23.2 Å². The van der Waals surface area contributed by atoms with Gasteiger partial charge in [-0.2, -0.15) is 0 Å². The van der Waals surface area contributed by atoms with Crippen LogP contribution in [0.15, 0.2) is 78.5 Å². The number of amides is 3. The summed E-state index contributed by atoms with van der Waals surface area (Å²) in [4.78, 5) is 68.4. The highest BCUT2D eigenvalue weighted by atomic mass is 32.2. The number of benzene rings is 2. The highest BCUT2D eigenvalue weighted by Gasteiger charge is 2.30. The number of fused-ring (bicyclic) bond motifs is 3. The summed E-state index contributed by atoms with van der Waals surface area (Å²) in [5.74, 6) is -3.57. The number of pyridine rings is 1. The number of esters is 1. The molecule has 1 aromatic heterocycles. The predicted octanol–water partition coefficient (Wildman–Crippen LogP) is 4.02. The van der Waals surface area contributed by atoms with Gasteiger partial charge in [-0.1, -0.05) is 66.4 Å². The first-order valence-electron chi connectivity index (χ1n) is 13.8. The summed E-state index contributed by atoms with van der Waals surface area (Å²) in [5.41, 5.74) is -0.177. The van der Waals surface area contributed by atoms with Gasteiger partial charge in [0.1, 0.15) is 11.8 Å². The topological polar surface area (TPSA) is 144 Å². The number of halogens is 1. The number of carbonyl (C=O) groups is 5. The van der Waals surface area contributed by atoms with Crippen LogP contribution >= 0.6 is 11.8 Å². The third kappa shape index (κ3) is 8.38. The molecule has 3 amide bonds. The van der Waals surface area contributed by atoms with Gasteiger partial charge in [-0.15, -0.1) is 0 Å². The largest absolute Gasteiger partial charge is 0.456 e. The van der Waals surface area contributed by atoms with Crippen LogP contribution in [0.3, 0.4) is 0 Å². The van der Waals surface area contributed by atoms with Gasteiger partial charge in [-0.3, -0.25) is 19.2 Å². The third-order valence-corrected chi connectivity index (χ3v) is 7.45. The number of carbonyl (C=O) groups excluding carboxylic acids is 5. The van der Waals surface area contributed by atoms with Gasteiger partial charge >= 0.3 is 5.97 Å². The van der Waals surface area contributed by atoms with E-state index in [4.69, 9.17) is 4.74 Å². The van der Waals surface area contributed by atoms with Crippen LogP contribution in [0.25, 0.3) is 10.8 Å². The van der Waals surface area contributed by atoms with Crippen molar-refractivity contribution in [2.24, 2.45) is 0 Å². The second kappa shape index (κ2) is 15.1. The van der Waals surface area contributed by atoms with E-state index in [1.807, 2.05) is 18.2 Å². The second-order valence-corrected chi connectivity index (χ2v) is 11.0. The molecule has 3 N–H and O–H groups in total. The summed E-state index contributed by atoms with van der Waals surface area (Å²) in [6.07, 6.45) is 3.78. The molecule has 2 bridgehead atoms. The maximum atomic E-state index is 14.6. The highest BCUT2D eigenvalue weighted by molar-refractivity contribution is 8.13. The first kappa shape index (κ1) is 32.1. The minimum absolute atomic E-state index is 0.0307. The van der Waals surface area contributed by atoms with Gasteiger partial charge in [-0.25, -0.2) is 14.2 Å². The molecule has 10 nitrogen and oxygen atoms in total. The van der Waals surface area contributed by atoms with E-state index in [1.54, 1.807) is 36.4 Å². The number of nitrogens with one attached hydrogen (secondary N) is 3. The van der Waals surface area contributed by atoms with Crippen molar-refractivity contribution >= 4 is 51.3 Å². The molecular weight excluding hydrogens is 587 g/mol. The van der Waals surface area contributed by atoms with Crippen molar-refractivity contribution in [3.8, 4) is 0 Å². The van der Waals surface area contributed by atoms with Gasteiger partial charge in [0.25, 0.3) is 11.8 Å². The van der Waals surface area contributed by atoms with Crippen LogP contribution in [0.4, 0.5) is 4.39 Å². The molecule has 0 saturated carbocycles. The Morgan fingerprint density at radius 1 is 1.07 bits per heavy atom. The molecule has 2 heterocycles. The van der Waals surface area contributed by atoms with Crippen LogP contribution in [0.1, 0.15) is 54.5 Å². The molecule has 228 valence electrons. The molecule has 1 aliphatic heterocycles. The van der Waals surface area contributed by atoms with Crippen LogP contribution < -0.4 is 16.0 Å². The van der Waals surface area contributed by atoms with Crippen molar-refractivity contribution in [2.75, 3.05) is 5.75 Å². The fraction of sp³-hybridized carbons (Fsp3) is 0.250. The summed E-state index contributed by atoms with van der Waals surface area (Å²) in [6, 6.07) is 13.5. The lowest BCUT2D eigenvalue weighted by molar-refractivity contribution is -0.152. The molecule has 0 aliphatic carbocycles. The normalized spacial score (nSPS) is 19.4. The molecule has 0 saturated heterocycles. The summed E-state index contributed by atoms with van der Waals surface area (Å²) < 4.78 is 20.4. The average Bonchev–Trinajstić information content (AvgIpc) is 3.00. The molecule has 0 spiro atoms. The lowest BCUT2D eigenvalue weighted by atomic mass is 9.98. The average molecular weight is 619 g/mol. The second-order valence-electron chi connectivity index (χ2n) is 9.78. The Bertz CT molecular complexity index is 1650. The maximum absolute atomic E-state index is 14.6. The van der Waals surface area contributed by atoms with Crippen molar-refractivity contribution in [2.45, 2.75) is 45.4 Å². The van der Waals surface area contributed by atoms with Crippen LogP contribution in [0.5, 0.6) is 0 Å². The lowest BCUT2D eigenvalue weighted by Crippen LogP contribution is -2.41. The molecule has 44 heavy (non-hydrogen) atoms. The number of ether oxygens (including phenoxy) is 1. The SMILES string of the molecule is C/C=C1\NC(=O)c2nc(ccc2F)CNC(=O)C[C@@H](/C=C/CCSC(C)=O)OC(=O)[C@H](c2cccc3ccccc23)NC1=O. The summed E-state index contributed by atoms with van der Waals surface area (Å²) in [5, 5.41) is 9.11. The van der Waals surface area contributed by atoms with Crippen molar-refractivity contribution < 1.29 is 33.1 Å². The van der Waals surface area contributed by atoms with Crippen molar-refractivity contribution in [3.63, 3.8) is 0 Å². The highest BCUT2D eigenvalue weighted by Crippen LogP contribution is 2.26. The number of aromatic nitrogens is 1. The molecule has 4 rings (SSSR count). The number of cyclic esters (lactones) is 1. The first-order valence-corrected chi connectivity index (χ1v) is 14.8. The third-order valence-electron chi connectivity index (χ3n) is 6.61. The number of nitrogens with zero attached hydrogens (tertiary/aromatic N) is 1. The Hall–Kier alpha value is -4.84. The van der Waals surface area contributed by atoms with Crippen LogP contribution in [-0.2, 0) is 30.5 Å². The zero-order valence-corrected chi connectivity index (χ0v) is 24.9. The van der Waals surface area contributed by atoms with Gasteiger partial charge in [-0.05, 0) is 47.9 Å². The van der Waals surface area contributed by atoms with E-state index < -0.39 is 47.3 Å². The van der Waals surface area contributed by atoms with Crippen LogP contribution in [0, 0.1) is 5.82 Å². The molecule has 3 aromatic rings. The van der Waals surface area contributed by atoms with Gasteiger partial charge in [0, 0.05) is 12.7 Å². The maximum Gasteiger partial charge on any atom is 0.333 e. The number of hydrogen-bond acceptors (Lipinski definition) is 8. The van der Waals surface area contributed by atoms with E-state index in [2.05, 4.69) is 20.9 Å². The fourth-order valence-corrected chi connectivity index (χ4v) is 5.03. The Labute approximate surface area is 257 Å². The molecule has 0 radical (unpaired) electrons. The summed E-state index contributed by atoms with van der Waals surface area (Å²) in [6.45, 7) is 2.84. The van der Waals surface area contributed by atoms with E-state index in [-0.39, 0.29) is 29.5 Å². The Morgan fingerprint density at radius 3 is 2.61 bits per heavy atom. The van der Waals surface area contributed by atoms with E-state index in [0.29, 0.717) is 23.1 Å². The predicted molar refractivity (Wildman–Crippen MR) is 163 cm³/mol. The number of thioether (sulfide) groups is 1. The van der Waals surface area contributed by atoms with E-state index in [9.17, 15) is 28.4 Å². The molecule has 2 aromatic carbocycles. The smallest absolute Gasteiger partial charge is 0.333 e. The van der Waals surface area contributed by atoms with E-state index >= 15 is 0 Å². The first-order chi connectivity index (χ1) is 21.2. The summed E-state index contributed by atoms with van der Waals surface area (Å²) in [7, 11) is 0. The zero-order chi connectivity index (χ0) is 31.6. The quantitative estimate of drug-likeness (QED) is 0.168. The van der Waals surface area contributed by atoms with Crippen molar-refractivity contribution in [3.05, 3.63) is 101 Å². The molecule has 0 unspecified atom stereocenters. The lowest BCUT2D eigenvalue weighted by Gasteiger charge is -2.23. The van der Waals surface area contributed by atoms with Gasteiger partial charge < -0.3 is 20.7 Å². The van der Waals surface area contributed by atoms with Crippen molar-refractivity contribution in [1.29, 1.82) is 0 Å². The van der Waals surface area contributed by atoms with Crippen molar-refractivity contribution in [1.82, 2.24) is 20.9 Å². The number of hydrogen-bond donors (Lipinski definition) is 3. The summed E-state index contributed by atoms with van der Waals surface area (Å²) >= 11 is 1.15. The van der Waals surface area contributed by atoms with E-state index in [1.165, 1.54) is 26.0 Å². The fourth-order valence-electron chi connectivity index (χ4n) is 4.49. The molecule has 0 fully saturated rings. The molecule has 12 heteroatoms. The Morgan fingerprint density at radius 2 is 1.84 bits per heavy atom. The van der Waals surface area contributed by atoms with Crippen LogP contribution in [0.2, 0.25) is 0 Å². The minimum atomic E-state index is -1.35. The molecule has 1 aliphatic rings. The van der Waals surface area contributed by atoms with Gasteiger partial charge in [0.05, 0.1) is 18.7 Å². The minimum Gasteiger partial charge on any atom is -0.456 e. The molecular formula is C32H31FN4O6S. The monoisotopic (exact) mass is 618 g/mol. The van der Waals surface area contributed by atoms with Crippen LogP contribution in [-0.4, -0.2) is 45.6 Å². The van der Waals surface area contributed by atoms with Gasteiger partial charge in [0.2, 0.25) is 5.91 Å². The molecule has 2 atom stereocenters. The zero-order valence-electron chi connectivity index (χ0n) is 24.1.